The van der Waals surface area contributed by atoms with Crippen LogP contribution in [0.4, 0.5) is 4.79 Å². The van der Waals surface area contributed by atoms with Crippen molar-refractivity contribution in [2.75, 3.05) is 33.8 Å². The predicted molar refractivity (Wildman–Crippen MR) is 47.6 cm³/mol. The van der Waals surface area contributed by atoms with Crippen LogP contribution in [0.1, 0.15) is 0 Å². The van der Waals surface area contributed by atoms with Gasteiger partial charge in [-0.15, -0.1) is 0 Å². The zero-order valence-electron chi connectivity index (χ0n) is 7.75. The molecule has 0 aromatic rings. The first-order valence-electron chi connectivity index (χ1n) is 3.83. The zero-order chi connectivity index (χ0) is 9.61. The Hall–Kier alpha value is -1.03. The van der Waals surface area contributed by atoms with Crippen molar-refractivity contribution in [1.82, 2.24) is 0 Å². The number of primary amides is 1. The molecule has 0 bridgehead atoms. The quantitative estimate of drug-likeness (QED) is 0.481. The van der Waals surface area contributed by atoms with Crippen LogP contribution in [-0.2, 0) is 4.74 Å². The normalized spacial score (nSPS) is 10.8. The molecule has 2 N–H and O–H groups in total. The van der Waals surface area contributed by atoms with E-state index in [0.29, 0.717) is 6.61 Å². The van der Waals surface area contributed by atoms with Gasteiger partial charge in [0, 0.05) is 0 Å². The summed E-state index contributed by atoms with van der Waals surface area (Å²) in [6.45, 7) is 5.59. The number of quaternary nitrogens is 1. The van der Waals surface area contributed by atoms with Gasteiger partial charge >= 0.3 is 6.09 Å². The Kier molecular flexibility index (Phi) is 4.36. The van der Waals surface area contributed by atoms with Gasteiger partial charge in [0.05, 0.1) is 20.6 Å². The molecule has 0 aliphatic carbocycles. The average Bonchev–Trinajstić information content (AvgIpc) is 1.85. The van der Waals surface area contributed by atoms with E-state index in [1.165, 1.54) is 0 Å². The van der Waals surface area contributed by atoms with Gasteiger partial charge in [0.25, 0.3) is 0 Å². The maximum absolute atomic E-state index is 10.2. The largest absolute Gasteiger partial charge is 0.444 e. The fourth-order valence-corrected chi connectivity index (χ4v) is 0.834. The second-order valence-electron chi connectivity index (χ2n) is 3.30. The molecule has 0 aliphatic rings. The standard InChI is InChI=1S/C8H16N2O2/c1-4-5-10(2,3)6-7-12-8(9)11/h4H,1,5-7H2,2-3H3,(H-,9,11)/p+1. The van der Waals surface area contributed by atoms with Crippen LogP contribution >= 0.6 is 0 Å². The van der Waals surface area contributed by atoms with Gasteiger partial charge in [-0.1, -0.05) is 6.58 Å². The van der Waals surface area contributed by atoms with Crippen LogP contribution in [-0.4, -0.2) is 44.4 Å². The van der Waals surface area contributed by atoms with Crippen molar-refractivity contribution in [3.63, 3.8) is 0 Å². The minimum Gasteiger partial charge on any atom is -0.444 e. The van der Waals surface area contributed by atoms with Gasteiger partial charge in [-0.3, -0.25) is 0 Å². The molecule has 1 amide bonds. The van der Waals surface area contributed by atoms with E-state index in [-0.39, 0.29) is 0 Å². The highest BCUT2D eigenvalue weighted by atomic mass is 16.5. The molecule has 0 heterocycles. The first-order valence-corrected chi connectivity index (χ1v) is 3.83. The molecule has 4 nitrogen and oxygen atoms in total. The lowest BCUT2D eigenvalue weighted by atomic mass is 10.4. The van der Waals surface area contributed by atoms with Crippen molar-refractivity contribution < 1.29 is 14.0 Å². The highest BCUT2D eigenvalue weighted by Crippen LogP contribution is 1.95. The van der Waals surface area contributed by atoms with Crippen molar-refractivity contribution in [2.24, 2.45) is 5.73 Å². The van der Waals surface area contributed by atoms with E-state index < -0.39 is 6.09 Å². The molecule has 0 aliphatic heterocycles. The number of likely N-dealkylation sites (N-methyl/N-ethyl adjacent to an activating group) is 1. The Morgan fingerprint density at radius 3 is 2.67 bits per heavy atom. The minimum absolute atomic E-state index is 0.357. The first-order chi connectivity index (χ1) is 5.48. The fourth-order valence-electron chi connectivity index (χ4n) is 0.834. The monoisotopic (exact) mass is 173 g/mol. The number of nitrogens with zero attached hydrogens (tertiary/aromatic N) is 1. The van der Waals surface area contributed by atoms with Gasteiger partial charge in [0.1, 0.15) is 13.2 Å². The number of amides is 1. The molecule has 70 valence electrons. The first kappa shape index (κ1) is 11.0. The molecule has 12 heavy (non-hydrogen) atoms. The minimum atomic E-state index is -0.714. The molecule has 0 atom stereocenters. The van der Waals surface area contributed by atoms with Gasteiger partial charge in [-0.25, -0.2) is 4.79 Å². The highest BCUT2D eigenvalue weighted by Gasteiger charge is 2.12. The summed E-state index contributed by atoms with van der Waals surface area (Å²) in [7, 11) is 4.07. The van der Waals surface area contributed by atoms with Crippen LogP contribution in [0.2, 0.25) is 0 Å². The van der Waals surface area contributed by atoms with E-state index in [9.17, 15) is 4.79 Å². The molecule has 0 radical (unpaired) electrons. The smallest absolute Gasteiger partial charge is 0.404 e. The maximum Gasteiger partial charge on any atom is 0.404 e. The molecular weight excluding hydrogens is 156 g/mol. The van der Waals surface area contributed by atoms with Crippen LogP contribution < -0.4 is 5.73 Å². The van der Waals surface area contributed by atoms with Crippen molar-refractivity contribution in [1.29, 1.82) is 0 Å². The van der Waals surface area contributed by atoms with E-state index in [1.54, 1.807) is 0 Å². The molecule has 0 spiro atoms. The average molecular weight is 173 g/mol. The van der Waals surface area contributed by atoms with Crippen molar-refractivity contribution in [3.8, 4) is 0 Å². The van der Waals surface area contributed by atoms with E-state index in [4.69, 9.17) is 5.73 Å². The maximum atomic E-state index is 10.2. The third kappa shape index (κ3) is 5.73. The van der Waals surface area contributed by atoms with Gasteiger partial charge < -0.3 is 15.0 Å². The SMILES string of the molecule is C=CC[N+](C)(C)CCOC(N)=O. The van der Waals surface area contributed by atoms with Crippen LogP contribution in [0, 0.1) is 0 Å². The molecule has 0 aromatic heterocycles. The van der Waals surface area contributed by atoms with E-state index >= 15 is 0 Å². The molecule has 0 fully saturated rings. The van der Waals surface area contributed by atoms with Gasteiger partial charge in [0.2, 0.25) is 0 Å². The van der Waals surface area contributed by atoms with Crippen molar-refractivity contribution >= 4 is 6.09 Å². The Morgan fingerprint density at radius 1 is 1.67 bits per heavy atom. The molecular formula is C8H17N2O2+. The van der Waals surface area contributed by atoms with E-state index in [1.807, 2.05) is 20.2 Å². The summed E-state index contributed by atoms with van der Waals surface area (Å²) in [6.07, 6.45) is 1.12. The fraction of sp³-hybridized carbons (Fsp3) is 0.625. The predicted octanol–water partition coefficient (Wildman–Crippen LogP) is 0.344. The third-order valence-corrected chi connectivity index (χ3v) is 1.56. The summed E-state index contributed by atoms with van der Waals surface area (Å²) in [5, 5.41) is 0. The molecule has 0 unspecified atom stereocenters. The molecule has 0 saturated carbocycles. The second kappa shape index (κ2) is 4.77. The van der Waals surface area contributed by atoms with Crippen LogP contribution in [0.3, 0.4) is 0 Å². The molecule has 0 rings (SSSR count). The van der Waals surface area contributed by atoms with Gasteiger partial charge in [-0.05, 0) is 6.08 Å². The lowest BCUT2D eigenvalue weighted by Crippen LogP contribution is -2.42. The number of carbonyl (C=O) groups is 1. The molecule has 0 saturated heterocycles. The number of nitrogens with two attached hydrogens (primary N) is 1. The zero-order valence-corrected chi connectivity index (χ0v) is 7.75. The number of hydrogen-bond acceptors (Lipinski definition) is 2. The topological polar surface area (TPSA) is 52.3 Å². The van der Waals surface area contributed by atoms with Gasteiger partial charge in [-0.2, -0.15) is 0 Å². The number of rotatable bonds is 5. The lowest BCUT2D eigenvalue weighted by molar-refractivity contribution is -0.884. The van der Waals surface area contributed by atoms with E-state index in [2.05, 4.69) is 11.3 Å². The van der Waals surface area contributed by atoms with Gasteiger partial charge in [0.15, 0.2) is 0 Å². The number of hydrogen-bond donors (Lipinski definition) is 1. The third-order valence-electron chi connectivity index (χ3n) is 1.56. The summed E-state index contributed by atoms with van der Waals surface area (Å²) >= 11 is 0. The Labute approximate surface area is 73.2 Å². The summed E-state index contributed by atoms with van der Waals surface area (Å²) in [5.41, 5.74) is 4.81. The Balaban J connectivity index is 3.60. The lowest BCUT2D eigenvalue weighted by Gasteiger charge is -2.27. The second-order valence-corrected chi connectivity index (χ2v) is 3.30. The summed E-state index contributed by atoms with van der Waals surface area (Å²) in [4.78, 5) is 10.2. The number of ether oxygens (including phenoxy) is 1. The summed E-state index contributed by atoms with van der Waals surface area (Å²) in [6, 6.07) is 0. The summed E-state index contributed by atoms with van der Waals surface area (Å²) < 4.78 is 5.36. The van der Waals surface area contributed by atoms with E-state index in [0.717, 1.165) is 17.6 Å². The van der Waals surface area contributed by atoms with Crippen LogP contribution in [0.15, 0.2) is 12.7 Å². The van der Waals surface area contributed by atoms with Crippen LogP contribution in [0.5, 0.6) is 0 Å². The van der Waals surface area contributed by atoms with Crippen LogP contribution in [0.25, 0.3) is 0 Å². The Morgan fingerprint density at radius 2 is 2.25 bits per heavy atom. The molecule has 4 heteroatoms. The van der Waals surface area contributed by atoms with Crippen molar-refractivity contribution in [2.45, 2.75) is 0 Å². The van der Waals surface area contributed by atoms with Crippen molar-refractivity contribution in [3.05, 3.63) is 12.7 Å². The molecule has 0 aromatic carbocycles. The Bertz CT molecular complexity index is 166. The highest BCUT2D eigenvalue weighted by molar-refractivity contribution is 5.64. The summed E-state index contributed by atoms with van der Waals surface area (Å²) in [5.74, 6) is 0. The number of carbonyl (C=O) groups excluding carboxylic acids is 1.